The van der Waals surface area contributed by atoms with Crippen molar-refractivity contribution in [3.63, 3.8) is 0 Å². The van der Waals surface area contributed by atoms with E-state index >= 15 is 0 Å². The highest BCUT2D eigenvalue weighted by atomic mass is 32.1. The van der Waals surface area contributed by atoms with Crippen molar-refractivity contribution in [1.29, 1.82) is 0 Å². The molecule has 110 valence electrons. The third-order valence-corrected chi connectivity index (χ3v) is 3.80. The summed E-state index contributed by atoms with van der Waals surface area (Å²) >= 11 is 1.38. The Balaban J connectivity index is 1.75. The molecule has 2 aromatic heterocycles. The van der Waals surface area contributed by atoms with E-state index in [-0.39, 0.29) is 11.6 Å². The number of nitrogens with zero attached hydrogens (tertiary/aromatic N) is 1. The Labute approximate surface area is 124 Å². The molecule has 8 heteroatoms. The fraction of sp³-hybridized carbons (Fsp3) is 0.231. The second-order valence-electron chi connectivity index (χ2n) is 4.17. The van der Waals surface area contributed by atoms with Gasteiger partial charge in [-0.2, -0.15) is 0 Å². The van der Waals surface area contributed by atoms with Crippen LogP contribution in [-0.2, 0) is 16.0 Å². The Bertz CT molecular complexity index is 648. The number of amides is 2. The molecule has 0 spiro atoms. The van der Waals surface area contributed by atoms with Gasteiger partial charge in [-0.3, -0.25) is 19.7 Å². The van der Waals surface area contributed by atoms with Crippen LogP contribution in [0.3, 0.4) is 0 Å². The van der Waals surface area contributed by atoms with E-state index in [1.807, 2.05) is 6.07 Å². The Morgan fingerprint density at radius 3 is 2.67 bits per heavy atom. The number of anilines is 1. The number of rotatable bonds is 5. The summed E-state index contributed by atoms with van der Waals surface area (Å²) in [5, 5.41) is 8.25. The highest BCUT2D eigenvalue weighted by molar-refractivity contribution is 7.14. The molecule has 21 heavy (non-hydrogen) atoms. The number of Topliss-reactive ketones (excluding diaryl/α,β-unsaturated/α-hetero) is 1. The summed E-state index contributed by atoms with van der Waals surface area (Å²) < 4.78 is 4.53. The van der Waals surface area contributed by atoms with Gasteiger partial charge in [-0.1, -0.05) is 5.16 Å². The average Bonchev–Trinajstić information content (AvgIpc) is 3.09. The second-order valence-corrected chi connectivity index (χ2v) is 5.34. The maximum Gasteiger partial charge on any atom is 0.314 e. The number of nitrogens with one attached hydrogen (secondary N) is 2. The summed E-state index contributed by atoms with van der Waals surface area (Å²) in [5.41, 5.74) is 0. The maximum atomic E-state index is 11.5. The largest absolute Gasteiger partial charge is 0.363 e. The second kappa shape index (κ2) is 6.80. The van der Waals surface area contributed by atoms with Crippen molar-refractivity contribution >= 4 is 34.8 Å². The fourth-order valence-corrected chi connectivity index (χ4v) is 2.43. The van der Waals surface area contributed by atoms with Gasteiger partial charge in [-0.25, -0.2) is 0 Å². The van der Waals surface area contributed by atoms with Gasteiger partial charge in [0.05, 0.1) is 4.88 Å². The first-order chi connectivity index (χ1) is 10.1. The van der Waals surface area contributed by atoms with Crippen molar-refractivity contribution in [2.24, 2.45) is 0 Å². The van der Waals surface area contributed by atoms with Gasteiger partial charge in [0.2, 0.25) is 0 Å². The molecule has 2 heterocycles. The topological polar surface area (TPSA) is 101 Å². The molecule has 0 aliphatic rings. The molecular formula is C13H13N3O4S. The zero-order valence-electron chi connectivity index (χ0n) is 11.2. The lowest BCUT2D eigenvalue weighted by Crippen LogP contribution is -2.36. The van der Waals surface area contributed by atoms with E-state index in [1.54, 1.807) is 6.07 Å². The molecule has 2 amide bonds. The smallest absolute Gasteiger partial charge is 0.314 e. The molecule has 0 radical (unpaired) electrons. The van der Waals surface area contributed by atoms with Crippen molar-refractivity contribution < 1.29 is 18.9 Å². The number of carbonyl (C=O) groups excluding carboxylic acids is 3. The number of aromatic nitrogens is 1. The summed E-state index contributed by atoms with van der Waals surface area (Å²) in [4.78, 5) is 35.8. The van der Waals surface area contributed by atoms with Crippen LogP contribution in [0.5, 0.6) is 0 Å². The molecule has 0 saturated heterocycles. The first-order valence-electron chi connectivity index (χ1n) is 6.15. The molecule has 0 unspecified atom stereocenters. The Morgan fingerprint density at radius 2 is 2.05 bits per heavy atom. The lowest BCUT2D eigenvalue weighted by molar-refractivity contribution is -0.136. The van der Waals surface area contributed by atoms with Gasteiger partial charge < -0.3 is 9.84 Å². The van der Waals surface area contributed by atoms with E-state index in [2.05, 4.69) is 20.3 Å². The van der Waals surface area contributed by atoms with Crippen molar-refractivity contribution in [2.45, 2.75) is 13.3 Å². The number of hydrogen-bond acceptors (Lipinski definition) is 6. The van der Waals surface area contributed by atoms with Gasteiger partial charge in [0.25, 0.3) is 0 Å². The van der Waals surface area contributed by atoms with Gasteiger partial charge >= 0.3 is 11.8 Å². The van der Waals surface area contributed by atoms with Crippen LogP contribution in [0.15, 0.2) is 29.0 Å². The van der Waals surface area contributed by atoms with E-state index in [9.17, 15) is 14.4 Å². The predicted molar refractivity (Wildman–Crippen MR) is 76.2 cm³/mol. The third-order valence-electron chi connectivity index (χ3n) is 2.55. The Kier molecular flexibility index (Phi) is 4.83. The van der Waals surface area contributed by atoms with Gasteiger partial charge in [-0.05, 0) is 25.5 Å². The van der Waals surface area contributed by atoms with E-state index in [4.69, 9.17) is 0 Å². The molecular weight excluding hydrogens is 294 g/mol. The van der Waals surface area contributed by atoms with Crippen LogP contribution in [-0.4, -0.2) is 29.3 Å². The van der Waals surface area contributed by atoms with E-state index < -0.39 is 11.8 Å². The van der Waals surface area contributed by atoms with Crippen LogP contribution in [0.4, 0.5) is 5.82 Å². The molecule has 0 aromatic carbocycles. The number of carbonyl (C=O) groups is 3. The van der Waals surface area contributed by atoms with Crippen molar-refractivity contribution in [1.82, 2.24) is 10.5 Å². The molecule has 2 aromatic rings. The summed E-state index contributed by atoms with van der Waals surface area (Å²) in [7, 11) is 0. The van der Waals surface area contributed by atoms with Crippen LogP contribution in [0.2, 0.25) is 0 Å². The van der Waals surface area contributed by atoms with Crippen molar-refractivity contribution in [3.05, 3.63) is 34.2 Å². The predicted octanol–water partition coefficient (Wildman–Crippen LogP) is 1.24. The Hall–Kier alpha value is -2.48. The molecule has 2 N–H and O–H groups in total. The van der Waals surface area contributed by atoms with Crippen molar-refractivity contribution in [2.75, 3.05) is 11.9 Å². The summed E-state index contributed by atoms with van der Waals surface area (Å²) in [6.45, 7) is 1.81. The molecule has 0 bridgehead atoms. The fourth-order valence-electron chi connectivity index (χ4n) is 1.53. The molecule has 7 nitrogen and oxygen atoms in total. The normalized spacial score (nSPS) is 10.1. The lowest BCUT2D eigenvalue weighted by atomic mass is 10.3. The highest BCUT2D eigenvalue weighted by Crippen LogP contribution is 2.17. The van der Waals surface area contributed by atoms with Crippen LogP contribution >= 0.6 is 11.3 Å². The molecule has 0 fully saturated rings. The SMILES string of the molecule is CC(=O)c1ccc(CCNC(=O)C(=O)Nc2ccon2)s1. The number of thiophene rings is 1. The minimum atomic E-state index is -0.806. The zero-order chi connectivity index (χ0) is 15.2. The summed E-state index contributed by atoms with van der Waals surface area (Å²) in [6, 6.07) is 5.02. The molecule has 2 rings (SSSR count). The van der Waals surface area contributed by atoms with Crippen LogP contribution in [0, 0.1) is 0 Å². The first kappa shape index (κ1) is 14.9. The van der Waals surface area contributed by atoms with Crippen LogP contribution in [0.25, 0.3) is 0 Å². The zero-order valence-corrected chi connectivity index (χ0v) is 12.0. The van der Waals surface area contributed by atoms with Crippen LogP contribution < -0.4 is 10.6 Å². The summed E-state index contributed by atoms with van der Waals surface area (Å²) in [5.74, 6) is -1.36. The van der Waals surface area contributed by atoms with Gasteiger partial charge in [0.1, 0.15) is 6.26 Å². The number of hydrogen-bond donors (Lipinski definition) is 2. The van der Waals surface area contributed by atoms with Gasteiger partial charge in [0.15, 0.2) is 11.6 Å². The Morgan fingerprint density at radius 1 is 1.24 bits per heavy atom. The number of ketones is 1. The van der Waals surface area contributed by atoms with Crippen LogP contribution in [0.1, 0.15) is 21.5 Å². The van der Waals surface area contributed by atoms with E-state index in [0.29, 0.717) is 17.8 Å². The highest BCUT2D eigenvalue weighted by Gasteiger charge is 2.14. The summed E-state index contributed by atoms with van der Waals surface area (Å²) in [6.07, 6.45) is 1.85. The van der Waals surface area contributed by atoms with Gasteiger partial charge in [-0.15, -0.1) is 11.3 Å². The third kappa shape index (κ3) is 4.25. The van der Waals surface area contributed by atoms with Gasteiger partial charge in [0, 0.05) is 17.5 Å². The first-order valence-corrected chi connectivity index (χ1v) is 6.97. The average molecular weight is 307 g/mol. The van der Waals surface area contributed by atoms with E-state index in [0.717, 1.165) is 4.88 Å². The monoisotopic (exact) mass is 307 g/mol. The minimum Gasteiger partial charge on any atom is -0.363 e. The van der Waals surface area contributed by atoms with E-state index in [1.165, 1.54) is 30.6 Å². The molecule has 0 aliphatic carbocycles. The quantitative estimate of drug-likeness (QED) is 0.639. The standard InChI is InChI=1S/C13H13N3O4S/c1-8(17)10-3-2-9(21-10)4-6-14-12(18)13(19)15-11-5-7-20-16-11/h2-3,5,7H,4,6H2,1H3,(H,14,18)(H,15,16,19). The molecule has 0 saturated carbocycles. The minimum absolute atomic E-state index is 0.0160. The van der Waals surface area contributed by atoms with Crippen molar-refractivity contribution in [3.8, 4) is 0 Å². The lowest BCUT2D eigenvalue weighted by Gasteiger charge is -2.03. The maximum absolute atomic E-state index is 11.5. The molecule has 0 atom stereocenters. The molecule has 0 aliphatic heterocycles.